The molecule has 0 unspecified atom stereocenters. The quantitative estimate of drug-likeness (QED) is 0.433. The van der Waals surface area contributed by atoms with Gasteiger partial charge in [0.15, 0.2) is 0 Å². The van der Waals surface area contributed by atoms with Crippen LogP contribution >= 0.6 is 23.1 Å². The van der Waals surface area contributed by atoms with Gasteiger partial charge in [-0.2, -0.15) is 0 Å². The number of rotatable bonds is 5. The second-order valence-electron chi connectivity index (χ2n) is 7.78. The SMILES string of the molecule is O=C(CSc1ncnc2scc(-c3ccc(F)cc3)c12)N1CCN(C(=O)C2CC2)CC1. The average Bonchev–Trinajstić information content (AvgIpc) is 3.56. The first kappa shape index (κ1) is 20.4. The number of nitrogens with zero attached hydrogens (tertiary/aromatic N) is 4. The second-order valence-corrected chi connectivity index (χ2v) is 9.61. The molecule has 2 amide bonds. The molecule has 0 atom stereocenters. The zero-order chi connectivity index (χ0) is 21.4. The highest BCUT2D eigenvalue weighted by molar-refractivity contribution is 8.00. The van der Waals surface area contributed by atoms with Crippen LogP contribution in [0.15, 0.2) is 41.0 Å². The number of thioether (sulfide) groups is 1. The number of piperazine rings is 1. The van der Waals surface area contributed by atoms with Crippen LogP contribution in [-0.4, -0.2) is 63.5 Å². The normalized spacial score (nSPS) is 16.7. The molecule has 6 nitrogen and oxygen atoms in total. The molecule has 2 aliphatic rings. The molecule has 0 spiro atoms. The fourth-order valence-electron chi connectivity index (χ4n) is 3.79. The van der Waals surface area contributed by atoms with Gasteiger partial charge in [0, 0.05) is 43.0 Å². The third kappa shape index (κ3) is 4.29. The molecule has 0 radical (unpaired) electrons. The van der Waals surface area contributed by atoms with Gasteiger partial charge >= 0.3 is 0 Å². The van der Waals surface area contributed by atoms with E-state index < -0.39 is 0 Å². The molecular weight excluding hydrogens is 435 g/mol. The molecule has 0 N–H and O–H groups in total. The Morgan fingerprint density at radius 2 is 1.77 bits per heavy atom. The van der Waals surface area contributed by atoms with Crippen LogP contribution in [0.1, 0.15) is 12.8 Å². The van der Waals surface area contributed by atoms with Crippen molar-refractivity contribution in [2.75, 3.05) is 31.9 Å². The van der Waals surface area contributed by atoms with Gasteiger partial charge in [-0.25, -0.2) is 14.4 Å². The third-order valence-electron chi connectivity index (χ3n) is 5.69. The van der Waals surface area contributed by atoms with Crippen molar-refractivity contribution in [3.05, 3.63) is 41.8 Å². The maximum atomic E-state index is 13.3. The maximum Gasteiger partial charge on any atom is 0.233 e. The van der Waals surface area contributed by atoms with Crippen LogP contribution in [0, 0.1) is 11.7 Å². The van der Waals surface area contributed by atoms with Gasteiger partial charge in [0.05, 0.1) is 11.1 Å². The zero-order valence-corrected chi connectivity index (χ0v) is 18.4. The number of carbonyl (C=O) groups excluding carboxylic acids is 2. The number of fused-ring (bicyclic) bond motifs is 1. The highest BCUT2D eigenvalue weighted by Gasteiger charge is 2.35. The van der Waals surface area contributed by atoms with E-state index in [-0.39, 0.29) is 29.3 Å². The number of hydrogen-bond donors (Lipinski definition) is 0. The Balaban J connectivity index is 1.26. The van der Waals surface area contributed by atoms with Crippen LogP contribution in [0.3, 0.4) is 0 Å². The van der Waals surface area contributed by atoms with Crippen molar-refractivity contribution in [1.29, 1.82) is 0 Å². The summed E-state index contributed by atoms with van der Waals surface area (Å²) in [6.45, 7) is 2.39. The summed E-state index contributed by atoms with van der Waals surface area (Å²) in [5.41, 5.74) is 1.84. The van der Waals surface area contributed by atoms with Crippen molar-refractivity contribution < 1.29 is 14.0 Å². The van der Waals surface area contributed by atoms with E-state index in [0.29, 0.717) is 26.2 Å². The summed E-state index contributed by atoms with van der Waals surface area (Å²) in [4.78, 5) is 38.3. The van der Waals surface area contributed by atoms with Crippen LogP contribution in [0.4, 0.5) is 4.39 Å². The van der Waals surface area contributed by atoms with Crippen molar-refractivity contribution in [2.45, 2.75) is 17.9 Å². The highest BCUT2D eigenvalue weighted by atomic mass is 32.2. The molecule has 9 heteroatoms. The summed E-state index contributed by atoms with van der Waals surface area (Å²) in [6.07, 6.45) is 3.53. The van der Waals surface area contributed by atoms with Gasteiger partial charge < -0.3 is 9.80 Å². The molecule has 2 fully saturated rings. The van der Waals surface area contributed by atoms with E-state index in [0.717, 1.165) is 39.2 Å². The Bertz CT molecular complexity index is 1120. The molecule has 5 rings (SSSR count). The van der Waals surface area contributed by atoms with E-state index in [2.05, 4.69) is 9.97 Å². The molecule has 1 saturated carbocycles. The van der Waals surface area contributed by atoms with E-state index in [4.69, 9.17) is 0 Å². The third-order valence-corrected chi connectivity index (χ3v) is 7.55. The predicted octanol–water partition coefficient (Wildman–Crippen LogP) is 3.67. The average molecular weight is 457 g/mol. The van der Waals surface area contributed by atoms with Crippen molar-refractivity contribution in [2.24, 2.45) is 5.92 Å². The molecule has 1 aliphatic heterocycles. The lowest BCUT2D eigenvalue weighted by Crippen LogP contribution is -2.51. The Morgan fingerprint density at radius 1 is 1.06 bits per heavy atom. The molecule has 1 aromatic carbocycles. The molecule has 3 aromatic rings. The van der Waals surface area contributed by atoms with Crippen LogP contribution in [0.5, 0.6) is 0 Å². The van der Waals surface area contributed by atoms with Crippen LogP contribution < -0.4 is 0 Å². The van der Waals surface area contributed by atoms with Crippen molar-refractivity contribution in [3.63, 3.8) is 0 Å². The monoisotopic (exact) mass is 456 g/mol. The first-order chi connectivity index (χ1) is 15.1. The summed E-state index contributed by atoms with van der Waals surface area (Å²) >= 11 is 2.91. The largest absolute Gasteiger partial charge is 0.339 e. The number of amides is 2. The molecule has 160 valence electrons. The Hall–Kier alpha value is -2.52. The summed E-state index contributed by atoms with van der Waals surface area (Å²) in [6, 6.07) is 6.36. The van der Waals surface area contributed by atoms with Gasteiger partial charge in [0.2, 0.25) is 11.8 Å². The van der Waals surface area contributed by atoms with Crippen molar-refractivity contribution in [3.8, 4) is 11.1 Å². The number of benzene rings is 1. The molecule has 2 aromatic heterocycles. The predicted molar refractivity (Wildman–Crippen MR) is 119 cm³/mol. The smallest absolute Gasteiger partial charge is 0.233 e. The summed E-state index contributed by atoms with van der Waals surface area (Å²) in [5.74, 6) is 0.517. The van der Waals surface area contributed by atoms with Gasteiger partial charge in [0.25, 0.3) is 0 Å². The van der Waals surface area contributed by atoms with E-state index >= 15 is 0 Å². The van der Waals surface area contributed by atoms with Gasteiger partial charge in [-0.3, -0.25) is 9.59 Å². The van der Waals surface area contributed by atoms with Crippen molar-refractivity contribution in [1.82, 2.24) is 19.8 Å². The minimum atomic E-state index is -0.279. The minimum Gasteiger partial charge on any atom is -0.339 e. The lowest BCUT2D eigenvalue weighted by molar-refractivity contribution is -0.139. The van der Waals surface area contributed by atoms with Crippen LogP contribution in [0.25, 0.3) is 21.3 Å². The Labute approximate surface area is 187 Å². The molecule has 0 bridgehead atoms. The molecule has 1 aliphatic carbocycles. The molecule has 1 saturated heterocycles. The standard InChI is InChI=1S/C22H21FN4O2S2/c23-16-5-3-14(4-6-16)17-11-30-20-19(17)21(25-13-24-20)31-12-18(28)26-7-9-27(10-8-26)22(29)15-1-2-15/h3-6,11,13,15H,1-2,7-10,12H2. The molecule has 31 heavy (non-hydrogen) atoms. The van der Waals surface area contributed by atoms with Crippen LogP contribution in [-0.2, 0) is 9.59 Å². The maximum absolute atomic E-state index is 13.3. The number of halogens is 1. The number of carbonyl (C=O) groups is 2. The van der Waals surface area contributed by atoms with Crippen molar-refractivity contribution >= 4 is 45.1 Å². The topological polar surface area (TPSA) is 66.4 Å². The summed E-state index contributed by atoms with van der Waals surface area (Å²) < 4.78 is 13.3. The summed E-state index contributed by atoms with van der Waals surface area (Å²) in [7, 11) is 0. The molecule has 3 heterocycles. The van der Waals surface area contributed by atoms with Gasteiger partial charge in [-0.1, -0.05) is 23.9 Å². The first-order valence-electron chi connectivity index (χ1n) is 10.3. The fraction of sp³-hybridized carbons (Fsp3) is 0.364. The van der Waals surface area contributed by atoms with Crippen LogP contribution in [0.2, 0.25) is 0 Å². The van der Waals surface area contributed by atoms with Gasteiger partial charge in [0.1, 0.15) is 22.0 Å². The zero-order valence-electron chi connectivity index (χ0n) is 16.8. The number of hydrogen-bond acceptors (Lipinski definition) is 6. The number of thiophene rings is 1. The van der Waals surface area contributed by atoms with E-state index in [1.54, 1.807) is 12.1 Å². The lowest BCUT2D eigenvalue weighted by atomic mass is 10.1. The van der Waals surface area contributed by atoms with E-state index in [9.17, 15) is 14.0 Å². The Kier molecular flexibility index (Phi) is 5.62. The lowest BCUT2D eigenvalue weighted by Gasteiger charge is -2.34. The highest BCUT2D eigenvalue weighted by Crippen LogP contribution is 2.38. The minimum absolute atomic E-state index is 0.0499. The summed E-state index contributed by atoms with van der Waals surface area (Å²) in [5, 5.41) is 3.65. The van der Waals surface area contributed by atoms with Gasteiger partial charge in [-0.05, 0) is 30.5 Å². The Morgan fingerprint density at radius 3 is 2.48 bits per heavy atom. The van der Waals surface area contributed by atoms with Gasteiger partial charge in [-0.15, -0.1) is 11.3 Å². The van der Waals surface area contributed by atoms with E-state index in [1.807, 2.05) is 15.2 Å². The fourth-order valence-corrected chi connectivity index (χ4v) is 5.68. The second kappa shape index (κ2) is 8.55. The van der Waals surface area contributed by atoms with E-state index in [1.165, 1.54) is 41.6 Å². The molecular formula is C22H21FN4O2S2. The first-order valence-corrected chi connectivity index (χ1v) is 12.1. The number of aromatic nitrogens is 2.